The molecular weight excluding hydrogens is 250 g/mol. The van der Waals surface area contributed by atoms with Crippen LogP contribution in [0, 0.1) is 22.7 Å². The van der Waals surface area contributed by atoms with Gasteiger partial charge in [-0.1, -0.05) is 26.8 Å². The van der Waals surface area contributed by atoms with Gasteiger partial charge in [-0.2, -0.15) is 10.5 Å². The van der Waals surface area contributed by atoms with Crippen LogP contribution in [0.25, 0.3) is 0 Å². The molecule has 1 N–H and O–H groups in total. The number of benzene rings is 1. The Kier molecular flexibility index (Phi) is 4.67. The molecule has 0 spiro atoms. The Morgan fingerprint density at radius 2 is 1.85 bits per heavy atom. The number of carbonyl (C=O) groups excluding carboxylic acids is 1. The molecule has 4 nitrogen and oxygen atoms in total. The highest BCUT2D eigenvalue weighted by Crippen LogP contribution is 2.27. The highest BCUT2D eigenvalue weighted by molar-refractivity contribution is 5.99. The first-order valence-electron chi connectivity index (χ1n) is 6.22. The number of allylic oxidation sites excluding steroid dienone is 1. The number of rotatable bonds is 3. The van der Waals surface area contributed by atoms with E-state index in [0.717, 1.165) is 5.56 Å². The van der Waals surface area contributed by atoms with Crippen LogP contribution in [0.5, 0.6) is 0 Å². The Balaban J connectivity index is 3.28. The van der Waals surface area contributed by atoms with Crippen molar-refractivity contribution in [2.75, 3.05) is 5.32 Å². The first-order valence-corrected chi connectivity index (χ1v) is 6.22. The fourth-order valence-electron chi connectivity index (χ4n) is 1.68. The van der Waals surface area contributed by atoms with Crippen molar-refractivity contribution < 1.29 is 4.79 Å². The summed E-state index contributed by atoms with van der Waals surface area (Å²) in [5, 5.41) is 20.3. The maximum absolute atomic E-state index is 11.6. The van der Waals surface area contributed by atoms with Gasteiger partial charge in [0, 0.05) is 17.5 Å². The number of ketones is 1. The standard InChI is InChI=1S/C16H17N3O/c1-11(20)14-6-5-13(16(2,3)4)7-15(14)19-10-12(8-17)9-18/h5-7,10,19H,1-4H3. The summed E-state index contributed by atoms with van der Waals surface area (Å²) < 4.78 is 0. The third-order valence-corrected chi connectivity index (χ3v) is 2.88. The summed E-state index contributed by atoms with van der Waals surface area (Å²) in [5.74, 6) is -0.0724. The lowest BCUT2D eigenvalue weighted by atomic mass is 9.86. The minimum Gasteiger partial charge on any atom is -0.359 e. The zero-order valence-electron chi connectivity index (χ0n) is 12.1. The molecular formula is C16H17N3O. The number of nitriles is 2. The predicted molar refractivity (Wildman–Crippen MR) is 78.1 cm³/mol. The van der Waals surface area contributed by atoms with E-state index in [4.69, 9.17) is 10.5 Å². The molecule has 0 saturated carbocycles. The number of carbonyl (C=O) groups is 1. The number of Topliss-reactive ketones (excluding diaryl/α,β-unsaturated/α-hetero) is 1. The Hall–Kier alpha value is -2.59. The molecule has 0 fully saturated rings. The molecule has 0 unspecified atom stereocenters. The SMILES string of the molecule is CC(=O)c1ccc(C(C)(C)C)cc1NC=C(C#N)C#N. The highest BCUT2D eigenvalue weighted by atomic mass is 16.1. The van der Waals surface area contributed by atoms with Crippen molar-refractivity contribution in [1.82, 2.24) is 0 Å². The maximum Gasteiger partial charge on any atom is 0.161 e. The van der Waals surface area contributed by atoms with E-state index in [1.807, 2.05) is 12.1 Å². The van der Waals surface area contributed by atoms with Crippen molar-refractivity contribution in [3.8, 4) is 12.1 Å². The van der Waals surface area contributed by atoms with Crippen LogP contribution in [0.15, 0.2) is 30.0 Å². The minimum atomic E-state index is -0.0724. The largest absolute Gasteiger partial charge is 0.359 e. The van der Waals surface area contributed by atoms with Gasteiger partial charge >= 0.3 is 0 Å². The normalized spacial score (nSPS) is 10.1. The van der Waals surface area contributed by atoms with Gasteiger partial charge in [0.25, 0.3) is 0 Å². The zero-order valence-corrected chi connectivity index (χ0v) is 12.1. The van der Waals surface area contributed by atoms with E-state index in [-0.39, 0.29) is 16.8 Å². The van der Waals surface area contributed by atoms with Gasteiger partial charge in [-0.3, -0.25) is 4.79 Å². The molecule has 0 bridgehead atoms. The summed E-state index contributed by atoms with van der Waals surface area (Å²) in [6.07, 6.45) is 1.31. The van der Waals surface area contributed by atoms with Crippen molar-refractivity contribution in [2.45, 2.75) is 33.1 Å². The fourth-order valence-corrected chi connectivity index (χ4v) is 1.68. The molecule has 0 amide bonds. The summed E-state index contributed by atoms with van der Waals surface area (Å²) in [6, 6.07) is 9.09. The van der Waals surface area contributed by atoms with E-state index < -0.39 is 0 Å². The lowest BCUT2D eigenvalue weighted by Crippen LogP contribution is -2.12. The molecule has 1 aromatic rings. The smallest absolute Gasteiger partial charge is 0.161 e. The number of nitrogens with one attached hydrogen (secondary N) is 1. The van der Waals surface area contributed by atoms with E-state index in [0.29, 0.717) is 11.3 Å². The number of hydrogen-bond acceptors (Lipinski definition) is 4. The Morgan fingerprint density at radius 3 is 2.30 bits per heavy atom. The lowest BCUT2D eigenvalue weighted by Gasteiger charge is -2.21. The van der Waals surface area contributed by atoms with Gasteiger partial charge in [0.1, 0.15) is 17.7 Å². The fraction of sp³-hybridized carbons (Fsp3) is 0.312. The van der Waals surface area contributed by atoms with Crippen molar-refractivity contribution in [1.29, 1.82) is 10.5 Å². The average Bonchev–Trinajstić information content (AvgIpc) is 2.38. The molecule has 0 aliphatic rings. The van der Waals surface area contributed by atoms with Gasteiger partial charge in [0.05, 0.1) is 0 Å². The molecule has 0 aliphatic heterocycles. The summed E-state index contributed by atoms with van der Waals surface area (Å²) in [4.78, 5) is 11.6. The van der Waals surface area contributed by atoms with Crippen molar-refractivity contribution >= 4 is 11.5 Å². The van der Waals surface area contributed by atoms with Crippen LogP contribution in [-0.2, 0) is 5.41 Å². The Labute approximate surface area is 119 Å². The van der Waals surface area contributed by atoms with Crippen LogP contribution in [0.3, 0.4) is 0 Å². The van der Waals surface area contributed by atoms with Crippen LogP contribution < -0.4 is 5.32 Å². The summed E-state index contributed by atoms with van der Waals surface area (Å²) in [7, 11) is 0. The third kappa shape index (κ3) is 3.70. The highest BCUT2D eigenvalue weighted by Gasteiger charge is 2.16. The van der Waals surface area contributed by atoms with Gasteiger partial charge in [0.2, 0.25) is 0 Å². The molecule has 1 aromatic carbocycles. The van der Waals surface area contributed by atoms with Crippen LogP contribution in [0.1, 0.15) is 43.6 Å². The lowest BCUT2D eigenvalue weighted by molar-refractivity contribution is 0.101. The van der Waals surface area contributed by atoms with E-state index in [1.54, 1.807) is 18.2 Å². The molecule has 0 aromatic heterocycles. The van der Waals surface area contributed by atoms with E-state index >= 15 is 0 Å². The molecule has 20 heavy (non-hydrogen) atoms. The number of nitrogens with zero attached hydrogens (tertiary/aromatic N) is 2. The zero-order chi connectivity index (χ0) is 15.3. The monoisotopic (exact) mass is 267 g/mol. The van der Waals surface area contributed by atoms with Crippen molar-refractivity contribution in [2.24, 2.45) is 0 Å². The molecule has 0 aliphatic carbocycles. The topological polar surface area (TPSA) is 76.7 Å². The van der Waals surface area contributed by atoms with Crippen LogP contribution in [-0.4, -0.2) is 5.78 Å². The average molecular weight is 267 g/mol. The second-order valence-electron chi connectivity index (χ2n) is 5.49. The second-order valence-corrected chi connectivity index (χ2v) is 5.49. The molecule has 1 rings (SSSR count). The second kappa shape index (κ2) is 6.04. The van der Waals surface area contributed by atoms with E-state index in [9.17, 15) is 4.79 Å². The molecule has 0 atom stereocenters. The molecule has 0 heterocycles. The molecule has 4 heteroatoms. The van der Waals surface area contributed by atoms with Gasteiger partial charge in [-0.15, -0.1) is 0 Å². The van der Waals surface area contributed by atoms with Gasteiger partial charge in [0.15, 0.2) is 5.78 Å². The summed E-state index contributed by atoms with van der Waals surface area (Å²) >= 11 is 0. The first kappa shape index (κ1) is 15.5. The quantitative estimate of drug-likeness (QED) is 0.671. The Bertz CT molecular complexity index is 621. The molecule has 0 radical (unpaired) electrons. The molecule has 0 saturated heterocycles. The van der Waals surface area contributed by atoms with Crippen LogP contribution in [0.4, 0.5) is 5.69 Å². The van der Waals surface area contributed by atoms with Crippen molar-refractivity contribution in [3.05, 3.63) is 41.1 Å². The third-order valence-electron chi connectivity index (χ3n) is 2.88. The number of hydrogen-bond donors (Lipinski definition) is 1. The Morgan fingerprint density at radius 1 is 1.25 bits per heavy atom. The van der Waals surface area contributed by atoms with Gasteiger partial charge in [-0.05, 0) is 30.0 Å². The van der Waals surface area contributed by atoms with Crippen LogP contribution in [0.2, 0.25) is 0 Å². The van der Waals surface area contributed by atoms with E-state index in [1.165, 1.54) is 13.1 Å². The van der Waals surface area contributed by atoms with Gasteiger partial charge in [-0.25, -0.2) is 0 Å². The first-order chi connectivity index (χ1) is 9.29. The minimum absolute atomic E-state index is 0.0411. The molecule has 102 valence electrons. The van der Waals surface area contributed by atoms with E-state index in [2.05, 4.69) is 26.1 Å². The summed E-state index contributed by atoms with van der Waals surface area (Å²) in [6.45, 7) is 7.71. The maximum atomic E-state index is 11.6. The van der Waals surface area contributed by atoms with Gasteiger partial charge < -0.3 is 5.32 Å². The summed E-state index contributed by atoms with van der Waals surface area (Å²) in [5.41, 5.74) is 2.11. The number of anilines is 1. The predicted octanol–water partition coefficient (Wildman–Crippen LogP) is 3.53. The van der Waals surface area contributed by atoms with Crippen LogP contribution >= 0.6 is 0 Å². The van der Waals surface area contributed by atoms with Crippen molar-refractivity contribution in [3.63, 3.8) is 0 Å².